The van der Waals surface area contributed by atoms with Gasteiger partial charge in [0, 0.05) is 12.7 Å². The maximum Gasteiger partial charge on any atom is 0.243 e. The van der Waals surface area contributed by atoms with E-state index in [0.717, 1.165) is 6.07 Å². The van der Waals surface area contributed by atoms with Crippen molar-refractivity contribution in [3.05, 3.63) is 54.1 Å². The summed E-state index contributed by atoms with van der Waals surface area (Å²) in [5.74, 6) is -1.18. The molecule has 0 aromatic heterocycles. The molecule has 0 unspecified atom stereocenters. The molecule has 0 spiro atoms. The second-order valence-electron chi connectivity index (χ2n) is 4.62. The number of halogens is 2. The summed E-state index contributed by atoms with van der Waals surface area (Å²) >= 11 is 0. The molecule has 0 radical (unpaired) electrons. The number of rotatable bonds is 4. The van der Waals surface area contributed by atoms with Gasteiger partial charge in [0.1, 0.15) is 11.6 Å². The van der Waals surface area contributed by atoms with Crippen LogP contribution in [0.2, 0.25) is 0 Å². The summed E-state index contributed by atoms with van der Waals surface area (Å²) in [6.45, 7) is 0.0142. The number of nitrogens with zero attached hydrogens (tertiary/aromatic N) is 1. The predicted molar refractivity (Wildman–Crippen MR) is 79.1 cm³/mol. The molecule has 6 heteroatoms. The van der Waals surface area contributed by atoms with E-state index in [0.29, 0.717) is 11.4 Å². The first-order chi connectivity index (χ1) is 9.95. The SMILES string of the molecule is CN(CC(=O)Nc1ccc(F)cc1N)c1cccc(F)c1. The van der Waals surface area contributed by atoms with Crippen LogP contribution in [0.4, 0.5) is 25.8 Å². The van der Waals surface area contributed by atoms with Crippen molar-refractivity contribution in [1.29, 1.82) is 0 Å². The van der Waals surface area contributed by atoms with Gasteiger partial charge in [0.25, 0.3) is 0 Å². The minimum atomic E-state index is -0.470. The first kappa shape index (κ1) is 14.8. The summed E-state index contributed by atoms with van der Waals surface area (Å²) in [5, 5.41) is 2.59. The lowest BCUT2D eigenvalue weighted by Crippen LogP contribution is -2.30. The molecule has 2 rings (SSSR count). The van der Waals surface area contributed by atoms with Crippen molar-refractivity contribution in [1.82, 2.24) is 0 Å². The van der Waals surface area contributed by atoms with E-state index in [2.05, 4.69) is 5.32 Å². The van der Waals surface area contributed by atoms with Crippen LogP contribution in [0, 0.1) is 11.6 Å². The van der Waals surface area contributed by atoms with Crippen LogP contribution < -0.4 is 16.0 Å². The van der Waals surface area contributed by atoms with E-state index in [9.17, 15) is 13.6 Å². The highest BCUT2D eigenvalue weighted by Crippen LogP contribution is 2.19. The first-order valence-corrected chi connectivity index (χ1v) is 6.27. The van der Waals surface area contributed by atoms with Gasteiger partial charge in [-0.05, 0) is 36.4 Å². The molecule has 110 valence electrons. The number of nitrogen functional groups attached to an aromatic ring is 1. The molecule has 0 aliphatic rings. The standard InChI is InChI=1S/C15H15F2N3O/c1-20(12-4-2-3-10(16)7-12)9-15(21)19-14-6-5-11(17)8-13(14)18/h2-8H,9,18H2,1H3,(H,19,21). The molecule has 0 saturated heterocycles. The van der Waals surface area contributed by atoms with E-state index in [4.69, 9.17) is 5.73 Å². The molecular formula is C15H15F2N3O. The molecule has 0 fully saturated rings. The number of nitrogens with one attached hydrogen (secondary N) is 1. The Labute approximate surface area is 121 Å². The number of likely N-dealkylation sites (N-methyl/N-ethyl adjacent to an activating group) is 1. The van der Waals surface area contributed by atoms with Gasteiger partial charge < -0.3 is 16.0 Å². The Kier molecular flexibility index (Phi) is 4.37. The lowest BCUT2D eigenvalue weighted by Gasteiger charge is -2.19. The first-order valence-electron chi connectivity index (χ1n) is 6.27. The van der Waals surface area contributed by atoms with Gasteiger partial charge in [0.2, 0.25) is 5.91 Å². The summed E-state index contributed by atoms with van der Waals surface area (Å²) in [7, 11) is 1.67. The molecule has 0 saturated carbocycles. The van der Waals surface area contributed by atoms with Crippen molar-refractivity contribution in [2.75, 3.05) is 29.5 Å². The molecule has 0 heterocycles. The zero-order valence-electron chi connectivity index (χ0n) is 11.4. The molecule has 0 aliphatic heterocycles. The smallest absolute Gasteiger partial charge is 0.243 e. The Hall–Kier alpha value is -2.63. The van der Waals surface area contributed by atoms with E-state index in [1.54, 1.807) is 24.1 Å². The third-order valence-electron chi connectivity index (χ3n) is 2.92. The van der Waals surface area contributed by atoms with Gasteiger partial charge in [0.15, 0.2) is 0 Å². The van der Waals surface area contributed by atoms with Crippen molar-refractivity contribution in [3.63, 3.8) is 0 Å². The van der Waals surface area contributed by atoms with Crippen molar-refractivity contribution >= 4 is 23.0 Å². The van der Waals surface area contributed by atoms with Crippen LogP contribution in [0.25, 0.3) is 0 Å². The molecular weight excluding hydrogens is 276 g/mol. The highest BCUT2D eigenvalue weighted by atomic mass is 19.1. The summed E-state index contributed by atoms with van der Waals surface area (Å²) < 4.78 is 26.0. The number of amides is 1. The molecule has 0 atom stereocenters. The number of anilines is 3. The summed E-state index contributed by atoms with van der Waals surface area (Å²) in [4.78, 5) is 13.5. The van der Waals surface area contributed by atoms with Crippen LogP contribution in [0.1, 0.15) is 0 Å². The Morgan fingerprint density at radius 3 is 2.57 bits per heavy atom. The number of nitrogens with two attached hydrogens (primary N) is 1. The van der Waals surface area contributed by atoms with Crippen molar-refractivity contribution in [3.8, 4) is 0 Å². The van der Waals surface area contributed by atoms with E-state index in [1.807, 2.05) is 0 Å². The third kappa shape index (κ3) is 3.92. The zero-order chi connectivity index (χ0) is 15.4. The van der Waals surface area contributed by atoms with Crippen molar-refractivity contribution in [2.45, 2.75) is 0 Å². The highest BCUT2D eigenvalue weighted by Gasteiger charge is 2.10. The minimum Gasteiger partial charge on any atom is -0.397 e. The topological polar surface area (TPSA) is 58.4 Å². The van der Waals surface area contributed by atoms with Gasteiger partial charge in [-0.3, -0.25) is 4.79 Å². The molecule has 0 bridgehead atoms. The van der Waals surface area contributed by atoms with Gasteiger partial charge in [-0.25, -0.2) is 8.78 Å². The lowest BCUT2D eigenvalue weighted by atomic mass is 10.2. The Morgan fingerprint density at radius 1 is 1.19 bits per heavy atom. The Morgan fingerprint density at radius 2 is 1.90 bits per heavy atom. The highest BCUT2D eigenvalue weighted by molar-refractivity contribution is 5.96. The van der Waals surface area contributed by atoms with Crippen LogP contribution >= 0.6 is 0 Å². The lowest BCUT2D eigenvalue weighted by molar-refractivity contribution is -0.114. The summed E-state index contributed by atoms with van der Waals surface area (Å²) in [6, 6.07) is 9.66. The monoisotopic (exact) mass is 291 g/mol. The Bertz CT molecular complexity index is 661. The van der Waals surface area contributed by atoms with Crippen LogP contribution in [-0.4, -0.2) is 19.5 Å². The average Bonchev–Trinajstić information content (AvgIpc) is 2.42. The molecule has 4 nitrogen and oxygen atoms in total. The van der Waals surface area contributed by atoms with Crippen LogP contribution in [0.5, 0.6) is 0 Å². The number of benzene rings is 2. The Balaban J connectivity index is 2.01. The average molecular weight is 291 g/mol. The zero-order valence-corrected chi connectivity index (χ0v) is 11.4. The molecule has 0 aliphatic carbocycles. The van der Waals surface area contributed by atoms with Gasteiger partial charge in [0.05, 0.1) is 17.9 Å². The maximum atomic E-state index is 13.1. The third-order valence-corrected chi connectivity index (χ3v) is 2.92. The summed E-state index contributed by atoms with van der Waals surface area (Å²) in [6.07, 6.45) is 0. The summed E-state index contributed by atoms with van der Waals surface area (Å²) in [5.41, 5.74) is 6.69. The normalized spacial score (nSPS) is 10.2. The molecule has 1 amide bonds. The fourth-order valence-corrected chi connectivity index (χ4v) is 1.86. The molecule has 2 aromatic carbocycles. The van der Waals surface area contributed by atoms with Crippen LogP contribution in [0.15, 0.2) is 42.5 Å². The molecule has 3 N–H and O–H groups in total. The number of hydrogen-bond acceptors (Lipinski definition) is 3. The van der Waals surface area contributed by atoms with Crippen LogP contribution in [0.3, 0.4) is 0 Å². The maximum absolute atomic E-state index is 13.1. The van der Waals surface area contributed by atoms with E-state index < -0.39 is 5.82 Å². The van der Waals surface area contributed by atoms with Crippen molar-refractivity contribution < 1.29 is 13.6 Å². The van der Waals surface area contributed by atoms with E-state index in [-0.39, 0.29) is 24.0 Å². The van der Waals surface area contributed by atoms with Gasteiger partial charge >= 0.3 is 0 Å². The van der Waals surface area contributed by atoms with Gasteiger partial charge in [-0.1, -0.05) is 6.07 Å². The van der Waals surface area contributed by atoms with E-state index >= 15 is 0 Å². The second kappa shape index (κ2) is 6.21. The van der Waals surface area contributed by atoms with Gasteiger partial charge in [-0.15, -0.1) is 0 Å². The second-order valence-corrected chi connectivity index (χ2v) is 4.62. The van der Waals surface area contributed by atoms with E-state index in [1.165, 1.54) is 24.3 Å². The van der Waals surface area contributed by atoms with Crippen molar-refractivity contribution in [2.24, 2.45) is 0 Å². The number of carbonyl (C=O) groups is 1. The molecule has 2 aromatic rings. The number of carbonyl (C=O) groups excluding carboxylic acids is 1. The molecule has 21 heavy (non-hydrogen) atoms. The fraction of sp³-hybridized carbons (Fsp3) is 0.133. The largest absolute Gasteiger partial charge is 0.397 e. The van der Waals surface area contributed by atoms with Gasteiger partial charge in [-0.2, -0.15) is 0 Å². The van der Waals surface area contributed by atoms with Crippen LogP contribution in [-0.2, 0) is 4.79 Å². The minimum absolute atomic E-state index is 0.0142. The predicted octanol–water partition coefficient (Wildman–Crippen LogP) is 2.62. The quantitative estimate of drug-likeness (QED) is 0.851. The number of hydrogen-bond donors (Lipinski definition) is 2. The fourth-order valence-electron chi connectivity index (χ4n) is 1.86.